The molecule has 17 heavy (non-hydrogen) atoms. The highest BCUT2D eigenvalue weighted by Gasteiger charge is 2.27. The zero-order valence-electron chi connectivity index (χ0n) is 9.59. The SMILES string of the molecule is CC(O)(CNCCC(F)(F)F)c1ccccc1. The third kappa shape index (κ3) is 5.19. The molecule has 96 valence electrons. The number of benzene rings is 1. The first-order chi connectivity index (χ1) is 7.81. The average Bonchev–Trinajstić information content (AvgIpc) is 2.25. The number of alkyl halides is 3. The Morgan fingerprint density at radius 2 is 1.76 bits per heavy atom. The standard InChI is InChI=1S/C12H16F3NO/c1-11(17,10-5-3-2-4-6-10)9-16-8-7-12(13,14)15/h2-6,16-17H,7-9H2,1H3. The summed E-state index contributed by atoms with van der Waals surface area (Å²) < 4.78 is 35.7. The fourth-order valence-corrected chi connectivity index (χ4v) is 1.46. The van der Waals surface area contributed by atoms with Crippen LogP contribution in [0.25, 0.3) is 0 Å². The van der Waals surface area contributed by atoms with Crippen LogP contribution in [0.3, 0.4) is 0 Å². The van der Waals surface area contributed by atoms with Crippen LogP contribution in [0.1, 0.15) is 18.9 Å². The highest BCUT2D eigenvalue weighted by molar-refractivity contribution is 5.21. The molecular weight excluding hydrogens is 231 g/mol. The van der Waals surface area contributed by atoms with E-state index in [4.69, 9.17) is 0 Å². The van der Waals surface area contributed by atoms with Crippen LogP contribution in [0.15, 0.2) is 30.3 Å². The van der Waals surface area contributed by atoms with Crippen molar-refractivity contribution in [2.75, 3.05) is 13.1 Å². The molecule has 0 radical (unpaired) electrons. The molecule has 0 aliphatic heterocycles. The molecule has 0 bridgehead atoms. The molecule has 0 saturated carbocycles. The molecule has 2 N–H and O–H groups in total. The van der Waals surface area contributed by atoms with Gasteiger partial charge in [-0.3, -0.25) is 0 Å². The fraction of sp³-hybridized carbons (Fsp3) is 0.500. The van der Waals surface area contributed by atoms with E-state index in [2.05, 4.69) is 5.32 Å². The summed E-state index contributed by atoms with van der Waals surface area (Å²) in [5, 5.41) is 12.7. The van der Waals surface area contributed by atoms with Crippen molar-refractivity contribution in [3.05, 3.63) is 35.9 Å². The van der Waals surface area contributed by atoms with Crippen LogP contribution in [0, 0.1) is 0 Å². The first-order valence-corrected chi connectivity index (χ1v) is 5.37. The molecule has 0 aliphatic carbocycles. The first kappa shape index (κ1) is 14.0. The Morgan fingerprint density at radius 1 is 1.18 bits per heavy atom. The Labute approximate surface area is 98.5 Å². The lowest BCUT2D eigenvalue weighted by molar-refractivity contribution is -0.133. The van der Waals surface area contributed by atoms with Crippen LogP contribution < -0.4 is 5.32 Å². The van der Waals surface area contributed by atoms with Gasteiger partial charge < -0.3 is 10.4 Å². The minimum Gasteiger partial charge on any atom is -0.384 e. The zero-order chi connectivity index (χ0) is 12.9. The molecule has 0 spiro atoms. The fourth-order valence-electron chi connectivity index (χ4n) is 1.46. The molecule has 1 aromatic carbocycles. The summed E-state index contributed by atoms with van der Waals surface area (Å²) in [4.78, 5) is 0. The molecule has 1 rings (SSSR count). The van der Waals surface area contributed by atoms with E-state index in [0.717, 1.165) is 0 Å². The van der Waals surface area contributed by atoms with E-state index in [9.17, 15) is 18.3 Å². The lowest BCUT2D eigenvalue weighted by atomic mass is 9.96. The molecule has 1 aromatic rings. The molecule has 0 aromatic heterocycles. The van der Waals surface area contributed by atoms with Gasteiger partial charge in [0.05, 0.1) is 12.0 Å². The van der Waals surface area contributed by atoms with Crippen molar-refractivity contribution in [3.63, 3.8) is 0 Å². The molecule has 0 saturated heterocycles. The van der Waals surface area contributed by atoms with Crippen LogP contribution in [0.4, 0.5) is 13.2 Å². The van der Waals surface area contributed by atoms with E-state index < -0.39 is 18.2 Å². The Kier molecular flexibility index (Phi) is 4.54. The van der Waals surface area contributed by atoms with E-state index in [1.165, 1.54) is 0 Å². The van der Waals surface area contributed by atoms with E-state index >= 15 is 0 Å². The smallest absolute Gasteiger partial charge is 0.384 e. The van der Waals surface area contributed by atoms with Gasteiger partial charge in [-0.25, -0.2) is 0 Å². The van der Waals surface area contributed by atoms with E-state index in [-0.39, 0.29) is 13.1 Å². The molecule has 0 amide bonds. The van der Waals surface area contributed by atoms with Crippen LogP contribution in [-0.2, 0) is 5.60 Å². The highest BCUT2D eigenvalue weighted by Crippen LogP contribution is 2.20. The van der Waals surface area contributed by atoms with Crippen molar-refractivity contribution < 1.29 is 18.3 Å². The van der Waals surface area contributed by atoms with Crippen molar-refractivity contribution in [3.8, 4) is 0 Å². The Balaban J connectivity index is 2.41. The van der Waals surface area contributed by atoms with Gasteiger partial charge in [0.15, 0.2) is 0 Å². The average molecular weight is 247 g/mol. The maximum atomic E-state index is 11.9. The van der Waals surface area contributed by atoms with Gasteiger partial charge in [-0.1, -0.05) is 30.3 Å². The number of hydrogen-bond acceptors (Lipinski definition) is 2. The summed E-state index contributed by atoms with van der Waals surface area (Å²) in [6, 6.07) is 8.85. The highest BCUT2D eigenvalue weighted by atomic mass is 19.4. The molecule has 1 atom stereocenters. The normalized spacial score (nSPS) is 15.6. The van der Waals surface area contributed by atoms with Gasteiger partial charge in [0.2, 0.25) is 0 Å². The Hall–Kier alpha value is -1.07. The molecular formula is C12H16F3NO. The number of halogens is 3. The van der Waals surface area contributed by atoms with Crippen molar-refractivity contribution in [1.82, 2.24) is 5.32 Å². The van der Waals surface area contributed by atoms with Gasteiger partial charge in [0.25, 0.3) is 0 Å². The summed E-state index contributed by atoms with van der Waals surface area (Å²) in [7, 11) is 0. The van der Waals surface area contributed by atoms with Crippen molar-refractivity contribution in [2.45, 2.75) is 25.1 Å². The lowest BCUT2D eigenvalue weighted by Crippen LogP contribution is -2.36. The van der Waals surface area contributed by atoms with Gasteiger partial charge >= 0.3 is 6.18 Å². The molecule has 1 unspecified atom stereocenters. The maximum absolute atomic E-state index is 11.9. The second-order valence-corrected chi connectivity index (χ2v) is 4.18. The zero-order valence-corrected chi connectivity index (χ0v) is 9.59. The summed E-state index contributed by atoms with van der Waals surface area (Å²) in [5.74, 6) is 0. The van der Waals surface area contributed by atoms with Gasteiger partial charge in [0, 0.05) is 13.1 Å². The van der Waals surface area contributed by atoms with Gasteiger partial charge in [-0.2, -0.15) is 13.2 Å². The monoisotopic (exact) mass is 247 g/mol. The minimum absolute atomic E-state index is 0.0904. The van der Waals surface area contributed by atoms with E-state index in [0.29, 0.717) is 5.56 Å². The summed E-state index contributed by atoms with van der Waals surface area (Å²) in [5.41, 5.74) is -0.480. The van der Waals surface area contributed by atoms with Crippen molar-refractivity contribution in [2.24, 2.45) is 0 Å². The molecule has 5 heteroatoms. The lowest BCUT2D eigenvalue weighted by Gasteiger charge is -2.24. The molecule has 0 aliphatic rings. The maximum Gasteiger partial charge on any atom is 0.390 e. The van der Waals surface area contributed by atoms with Crippen LogP contribution in [0.2, 0.25) is 0 Å². The number of aliphatic hydroxyl groups is 1. The van der Waals surface area contributed by atoms with E-state index in [1.807, 2.05) is 6.07 Å². The second kappa shape index (κ2) is 5.51. The predicted molar refractivity (Wildman–Crippen MR) is 59.6 cm³/mol. The molecule has 0 fully saturated rings. The van der Waals surface area contributed by atoms with E-state index in [1.54, 1.807) is 31.2 Å². The largest absolute Gasteiger partial charge is 0.390 e. The minimum atomic E-state index is -4.16. The second-order valence-electron chi connectivity index (χ2n) is 4.18. The van der Waals surface area contributed by atoms with Crippen molar-refractivity contribution in [1.29, 1.82) is 0 Å². The van der Waals surface area contributed by atoms with Crippen LogP contribution in [-0.4, -0.2) is 24.4 Å². The third-order valence-corrected chi connectivity index (χ3v) is 2.45. The summed E-state index contributed by atoms with van der Waals surface area (Å²) in [6.07, 6.45) is -5.05. The summed E-state index contributed by atoms with van der Waals surface area (Å²) >= 11 is 0. The number of hydrogen-bond donors (Lipinski definition) is 2. The summed E-state index contributed by atoms with van der Waals surface area (Å²) in [6.45, 7) is 1.47. The Bertz CT molecular complexity index is 335. The topological polar surface area (TPSA) is 32.3 Å². The number of rotatable bonds is 5. The van der Waals surface area contributed by atoms with Gasteiger partial charge in [-0.15, -0.1) is 0 Å². The van der Waals surface area contributed by atoms with Gasteiger partial charge in [-0.05, 0) is 12.5 Å². The van der Waals surface area contributed by atoms with Crippen molar-refractivity contribution >= 4 is 0 Å². The first-order valence-electron chi connectivity index (χ1n) is 5.37. The van der Waals surface area contributed by atoms with Gasteiger partial charge in [0.1, 0.15) is 0 Å². The predicted octanol–water partition coefficient (Wildman–Crippen LogP) is 2.44. The molecule has 0 heterocycles. The number of nitrogens with one attached hydrogen (secondary N) is 1. The quantitative estimate of drug-likeness (QED) is 0.783. The Morgan fingerprint density at radius 3 is 2.29 bits per heavy atom. The van der Waals surface area contributed by atoms with Crippen LogP contribution in [0.5, 0.6) is 0 Å². The molecule has 2 nitrogen and oxygen atoms in total. The third-order valence-electron chi connectivity index (χ3n) is 2.45. The van der Waals surface area contributed by atoms with Crippen LogP contribution >= 0.6 is 0 Å².